The number of benzene rings is 3. The first-order chi connectivity index (χ1) is 15.0. The van der Waals surface area contributed by atoms with Gasteiger partial charge in [0.15, 0.2) is 0 Å². The fraction of sp³-hybridized carbons (Fsp3) is 0.448. The highest BCUT2D eigenvalue weighted by Crippen LogP contribution is 2.64. The lowest BCUT2D eigenvalue weighted by Gasteiger charge is -2.44. The number of ether oxygens (including phenoxy) is 1. The number of fused-ring (bicyclic) bond motifs is 1. The molecule has 2 heterocycles. The first-order valence-corrected chi connectivity index (χ1v) is 12.0. The van der Waals surface area contributed by atoms with Gasteiger partial charge in [0.25, 0.3) is 0 Å². The van der Waals surface area contributed by atoms with Crippen LogP contribution < -0.4 is 17.0 Å². The molecule has 6 rings (SSSR count). The Morgan fingerprint density at radius 3 is 2.47 bits per heavy atom. The molecule has 2 nitrogen and oxygen atoms in total. The third-order valence-electron chi connectivity index (χ3n) is 9.38. The molecular weight excluding hydrogens is 458 g/mol. The zero-order valence-electron chi connectivity index (χ0n) is 19.3. The summed E-state index contributed by atoms with van der Waals surface area (Å²) >= 11 is 0. The summed E-state index contributed by atoms with van der Waals surface area (Å²) in [5.41, 5.74) is 3.08. The zero-order chi connectivity index (χ0) is 21.1. The summed E-state index contributed by atoms with van der Waals surface area (Å²) in [6.07, 6.45) is 4.08. The molecule has 0 spiro atoms. The highest BCUT2D eigenvalue weighted by Gasteiger charge is 2.74. The Kier molecular flexibility index (Phi) is 5.51. The van der Waals surface area contributed by atoms with Gasteiger partial charge in [0, 0.05) is 23.8 Å². The Labute approximate surface area is 202 Å². The first kappa shape index (κ1) is 22.1. The average Bonchev–Trinajstić information content (AvgIpc) is 3.35. The van der Waals surface area contributed by atoms with Crippen molar-refractivity contribution in [3.63, 3.8) is 0 Å². The summed E-state index contributed by atoms with van der Waals surface area (Å²) in [5, 5.41) is 2.79. The van der Waals surface area contributed by atoms with E-state index in [-0.39, 0.29) is 22.6 Å². The van der Waals surface area contributed by atoms with Crippen molar-refractivity contribution in [2.45, 2.75) is 57.4 Å². The normalized spacial score (nSPS) is 35.1. The molecule has 0 bridgehead atoms. The lowest BCUT2D eigenvalue weighted by molar-refractivity contribution is -0.966. The molecule has 5 atom stereocenters. The molecule has 32 heavy (non-hydrogen) atoms. The summed E-state index contributed by atoms with van der Waals surface area (Å²) in [5.74, 6) is 1.49. The van der Waals surface area contributed by atoms with Crippen molar-refractivity contribution < 1.29 is 26.2 Å². The van der Waals surface area contributed by atoms with Crippen LogP contribution in [0.2, 0.25) is 0 Å². The number of hydrogen-bond acceptors (Lipinski definition) is 1. The molecule has 168 valence electrons. The SMILES string of the molecule is C[C@@]12[C@H]3CC[C@@H]1[C@](C)(OCc1ccccc1)C[N@+]2(Cc1cccc2ccccc12)CC3.[Br-]. The highest BCUT2D eigenvalue weighted by atomic mass is 79.9. The summed E-state index contributed by atoms with van der Waals surface area (Å²) in [6.45, 7) is 9.34. The molecule has 3 aromatic carbocycles. The monoisotopic (exact) mass is 491 g/mol. The van der Waals surface area contributed by atoms with Gasteiger partial charge in [-0.25, -0.2) is 0 Å². The van der Waals surface area contributed by atoms with Crippen LogP contribution in [0.15, 0.2) is 72.8 Å². The molecule has 3 fully saturated rings. The van der Waals surface area contributed by atoms with Crippen molar-refractivity contribution in [1.29, 1.82) is 0 Å². The van der Waals surface area contributed by atoms with E-state index >= 15 is 0 Å². The van der Waals surface area contributed by atoms with Gasteiger partial charge in [-0.15, -0.1) is 0 Å². The fourth-order valence-corrected chi connectivity index (χ4v) is 7.95. The van der Waals surface area contributed by atoms with E-state index in [4.69, 9.17) is 4.74 Å². The zero-order valence-corrected chi connectivity index (χ0v) is 20.9. The summed E-state index contributed by atoms with van der Waals surface area (Å²) < 4.78 is 8.05. The maximum Gasteiger partial charge on any atom is 0.123 e. The van der Waals surface area contributed by atoms with Gasteiger partial charge in [-0.1, -0.05) is 72.8 Å². The maximum absolute atomic E-state index is 6.84. The smallest absolute Gasteiger partial charge is 0.123 e. The van der Waals surface area contributed by atoms with Crippen LogP contribution in [0.1, 0.15) is 44.2 Å². The molecule has 0 N–H and O–H groups in total. The topological polar surface area (TPSA) is 9.23 Å². The van der Waals surface area contributed by atoms with E-state index in [2.05, 4.69) is 86.6 Å². The Morgan fingerprint density at radius 1 is 0.875 bits per heavy atom. The van der Waals surface area contributed by atoms with E-state index in [9.17, 15) is 0 Å². The first-order valence-electron chi connectivity index (χ1n) is 12.0. The van der Waals surface area contributed by atoms with Crippen LogP contribution in [-0.4, -0.2) is 28.7 Å². The van der Waals surface area contributed by atoms with Gasteiger partial charge < -0.3 is 26.2 Å². The minimum absolute atomic E-state index is 0. The van der Waals surface area contributed by atoms with Gasteiger partial charge in [-0.3, -0.25) is 0 Å². The predicted molar refractivity (Wildman–Crippen MR) is 127 cm³/mol. The molecule has 0 aromatic heterocycles. The molecule has 0 unspecified atom stereocenters. The molecule has 3 heteroatoms. The summed E-state index contributed by atoms with van der Waals surface area (Å²) in [7, 11) is 0. The Morgan fingerprint density at radius 2 is 1.62 bits per heavy atom. The minimum Gasteiger partial charge on any atom is -1.00 e. The Balaban J connectivity index is 0.00000216. The fourth-order valence-electron chi connectivity index (χ4n) is 7.95. The van der Waals surface area contributed by atoms with Crippen molar-refractivity contribution in [3.8, 4) is 0 Å². The van der Waals surface area contributed by atoms with E-state index in [1.807, 2.05) is 0 Å². The van der Waals surface area contributed by atoms with Crippen LogP contribution in [0.25, 0.3) is 10.8 Å². The Bertz CT molecular complexity index is 1110. The van der Waals surface area contributed by atoms with Gasteiger partial charge in [0.05, 0.1) is 13.2 Å². The van der Waals surface area contributed by atoms with Gasteiger partial charge in [0.2, 0.25) is 0 Å². The second-order valence-corrected chi connectivity index (χ2v) is 10.8. The summed E-state index contributed by atoms with van der Waals surface area (Å²) in [4.78, 5) is 0. The van der Waals surface area contributed by atoms with Crippen LogP contribution >= 0.6 is 0 Å². The third kappa shape index (κ3) is 3.12. The number of hydrogen-bond donors (Lipinski definition) is 0. The van der Waals surface area contributed by atoms with Crippen LogP contribution in [0.5, 0.6) is 0 Å². The molecule has 0 radical (unpaired) electrons. The van der Waals surface area contributed by atoms with Crippen LogP contribution in [0, 0.1) is 11.8 Å². The summed E-state index contributed by atoms with van der Waals surface area (Å²) in [6, 6.07) is 26.5. The van der Waals surface area contributed by atoms with Crippen LogP contribution in [0.3, 0.4) is 0 Å². The van der Waals surface area contributed by atoms with E-state index in [0.29, 0.717) is 11.5 Å². The largest absolute Gasteiger partial charge is 1.00 e. The maximum atomic E-state index is 6.84. The van der Waals surface area contributed by atoms with Gasteiger partial charge in [-0.2, -0.15) is 0 Å². The van der Waals surface area contributed by atoms with Crippen molar-refractivity contribution in [1.82, 2.24) is 0 Å². The molecule has 0 amide bonds. The van der Waals surface area contributed by atoms with Crippen molar-refractivity contribution in [2.75, 3.05) is 13.1 Å². The van der Waals surface area contributed by atoms with Crippen LogP contribution in [0.4, 0.5) is 0 Å². The molecule has 1 aliphatic carbocycles. The van der Waals surface area contributed by atoms with Crippen molar-refractivity contribution in [2.24, 2.45) is 11.8 Å². The lowest BCUT2D eigenvalue weighted by Crippen LogP contribution is -3.00. The van der Waals surface area contributed by atoms with E-state index in [0.717, 1.165) is 25.6 Å². The number of quaternary nitrogens is 1. The molecule has 1 saturated carbocycles. The molecule has 3 aliphatic rings. The van der Waals surface area contributed by atoms with Gasteiger partial charge in [-0.05, 0) is 43.0 Å². The molecule has 2 aliphatic heterocycles. The predicted octanol–water partition coefficient (Wildman–Crippen LogP) is 3.34. The minimum atomic E-state index is -0.0512. The van der Waals surface area contributed by atoms with Crippen LogP contribution in [-0.2, 0) is 17.9 Å². The number of rotatable bonds is 5. The molecular formula is C29H34BrNO. The van der Waals surface area contributed by atoms with Crippen molar-refractivity contribution in [3.05, 3.63) is 83.9 Å². The average molecular weight is 493 g/mol. The van der Waals surface area contributed by atoms with Crippen molar-refractivity contribution >= 4 is 10.8 Å². The second-order valence-electron chi connectivity index (χ2n) is 10.8. The van der Waals surface area contributed by atoms with Gasteiger partial charge in [0.1, 0.15) is 24.2 Å². The standard InChI is InChI=1S/C29H34NO.BrH/c1-28(31-20-22-9-4-3-5-10-22)21-30(18-17-25-15-16-27(28)29(25,30)2)19-24-13-8-12-23-11-6-7-14-26(23)24;/h3-14,25,27H,15-21H2,1-2H3;1H/q+1;/p-1/t25-,27+,28+,29+,30+;/m0./s1. The molecule has 3 aromatic rings. The van der Waals surface area contributed by atoms with E-state index in [1.54, 1.807) is 0 Å². The number of nitrogens with zero attached hydrogens (tertiary/aromatic N) is 1. The van der Waals surface area contributed by atoms with E-state index < -0.39 is 0 Å². The molecule has 2 saturated heterocycles. The quantitative estimate of drug-likeness (QED) is 0.497. The lowest BCUT2D eigenvalue weighted by atomic mass is 9.78. The highest BCUT2D eigenvalue weighted by molar-refractivity contribution is 5.85. The Hall–Kier alpha value is -1.68. The number of halogens is 1. The third-order valence-corrected chi connectivity index (χ3v) is 9.38. The second kappa shape index (κ2) is 7.97. The van der Waals surface area contributed by atoms with E-state index in [1.165, 1.54) is 52.2 Å². The van der Waals surface area contributed by atoms with Gasteiger partial charge >= 0.3 is 0 Å².